The van der Waals surface area contributed by atoms with Crippen molar-refractivity contribution in [2.75, 3.05) is 61.9 Å². The molecule has 4 rings (SSSR count). The Hall–Kier alpha value is -3.75. The molecule has 2 aromatic rings. The molecule has 2 heterocycles. The van der Waals surface area contributed by atoms with Gasteiger partial charge in [-0.25, -0.2) is 4.79 Å². The molecular formula is C30H41N5O4. The molecule has 2 aliphatic heterocycles. The van der Waals surface area contributed by atoms with Gasteiger partial charge in [0, 0.05) is 62.8 Å². The van der Waals surface area contributed by atoms with E-state index in [1.807, 2.05) is 66.1 Å². The van der Waals surface area contributed by atoms with Crippen LogP contribution < -0.4 is 20.3 Å². The normalized spacial score (nSPS) is 16.1. The molecule has 210 valence electrons. The molecule has 39 heavy (non-hydrogen) atoms. The molecule has 9 heteroatoms. The number of rotatable bonds is 7. The number of piperidine rings is 1. The maximum atomic E-state index is 13.7. The summed E-state index contributed by atoms with van der Waals surface area (Å²) in [7, 11) is 1.61. The lowest BCUT2D eigenvalue weighted by molar-refractivity contribution is -0.116. The Labute approximate surface area is 231 Å². The number of anilines is 3. The third kappa shape index (κ3) is 7.65. The first-order chi connectivity index (χ1) is 18.8. The Morgan fingerprint density at radius 3 is 2.18 bits per heavy atom. The summed E-state index contributed by atoms with van der Waals surface area (Å²) in [5, 5.41) is 5.94. The van der Waals surface area contributed by atoms with Crippen LogP contribution in [0.15, 0.2) is 42.5 Å². The molecule has 0 aromatic heterocycles. The van der Waals surface area contributed by atoms with Gasteiger partial charge in [0.1, 0.15) is 5.75 Å². The van der Waals surface area contributed by atoms with E-state index in [0.29, 0.717) is 43.0 Å². The molecule has 0 spiro atoms. The Morgan fingerprint density at radius 1 is 0.795 bits per heavy atom. The van der Waals surface area contributed by atoms with Gasteiger partial charge in [0.15, 0.2) is 0 Å². The van der Waals surface area contributed by atoms with Crippen LogP contribution >= 0.6 is 0 Å². The molecule has 9 nitrogen and oxygen atoms in total. The smallest absolute Gasteiger partial charge is 0.321 e. The molecule has 0 aliphatic carbocycles. The molecule has 0 atom stereocenters. The molecule has 2 fully saturated rings. The van der Waals surface area contributed by atoms with E-state index in [0.717, 1.165) is 56.8 Å². The molecule has 4 amide bonds. The second-order valence-corrected chi connectivity index (χ2v) is 10.7. The van der Waals surface area contributed by atoms with Crippen molar-refractivity contribution in [1.82, 2.24) is 9.80 Å². The highest BCUT2D eigenvalue weighted by Gasteiger charge is 2.26. The fourth-order valence-corrected chi connectivity index (χ4v) is 5.15. The summed E-state index contributed by atoms with van der Waals surface area (Å²) in [5.41, 5.74) is 2.81. The van der Waals surface area contributed by atoms with Crippen LogP contribution in [0, 0.1) is 5.92 Å². The van der Waals surface area contributed by atoms with E-state index in [1.54, 1.807) is 7.11 Å². The summed E-state index contributed by atoms with van der Waals surface area (Å²) in [4.78, 5) is 45.0. The van der Waals surface area contributed by atoms with Crippen molar-refractivity contribution in [2.45, 2.75) is 46.0 Å². The summed E-state index contributed by atoms with van der Waals surface area (Å²) in [6, 6.07) is 12.8. The van der Waals surface area contributed by atoms with E-state index in [2.05, 4.69) is 15.5 Å². The lowest BCUT2D eigenvalue weighted by atomic mass is 10.1. The van der Waals surface area contributed by atoms with Gasteiger partial charge in [-0.1, -0.05) is 13.8 Å². The number of amides is 4. The lowest BCUT2D eigenvalue weighted by Gasteiger charge is -2.30. The fourth-order valence-electron chi connectivity index (χ4n) is 5.15. The Kier molecular flexibility index (Phi) is 9.68. The molecule has 2 aliphatic rings. The van der Waals surface area contributed by atoms with Gasteiger partial charge in [-0.3, -0.25) is 9.59 Å². The van der Waals surface area contributed by atoms with Gasteiger partial charge in [-0.15, -0.1) is 0 Å². The van der Waals surface area contributed by atoms with Gasteiger partial charge < -0.3 is 30.1 Å². The number of nitrogens with one attached hydrogen (secondary N) is 2. The number of methoxy groups -OCH3 is 1. The number of benzene rings is 2. The van der Waals surface area contributed by atoms with Crippen LogP contribution in [-0.2, 0) is 4.79 Å². The van der Waals surface area contributed by atoms with Crippen molar-refractivity contribution in [3.8, 4) is 5.75 Å². The monoisotopic (exact) mass is 535 g/mol. The first-order valence-corrected chi connectivity index (χ1v) is 14.0. The van der Waals surface area contributed by atoms with Crippen LogP contribution in [0.25, 0.3) is 0 Å². The van der Waals surface area contributed by atoms with Crippen molar-refractivity contribution in [3.05, 3.63) is 48.0 Å². The van der Waals surface area contributed by atoms with Crippen molar-refractivity contribution >= 4 is 34.9 Å². The summed E-state index contributed by atoms with van der Waals surface area (Å²) >= 11 is 0. The average molecular weight is 536 g/mol. The average Bonchev–Trinajstić information content (AvgIpc) is 3.19. The third-order valence-electron chi connectivity index (χ3n) is 7.21. The fraction of sp³-hybridized carbons (Fsp3) is 0.500. The van der Waals surface area contributed by atoms with E-state index in [-0.39, 0.29) is 23.8 Å². The second-order valence-electron chi connectivity index (χ2n) is 10.7. The van der Waals surface area contributed by atoms with Crippen LogP contribution in [0.2, 0.25) is 0 Å². The zero-order valence-corrected chi connectivity index (χ0v) is 23.4. The SMILES string of the molecule is COc1ccc(NC(=O)N2CCCN(c3ccc(NC(=O)CC(C)C)cc3C(=O)N3CCCCC3)CC2)cc1. The topological polar surface area (TPSA) is 94.2 Å². The predicted molar refractivity (Wildman–Crippen MR) is 155 cm³/mol. The molecule has 2 N–H and O–H groups in total. The number of carbonyl (C=O) groups excluding carboxylic acids is 3. The number of ether oxygens (including phenoxy) is 1. The van der Waals surface area contributed by atoms with E-state index in [9.17, 15) is 14.4 Å². The number of urea groups is 1. The van der Waals surface area contributed by atoms with E-state index >= 15 is 0 Å². The first-order valence-electron chi connectivity index (χ1n) is 14.0. The molecule has 0 radical (unpaired) electrons. The van der Waals surface area contributed by atoms with Crippen molar-refractivity contribution in [1.29, 1.82) is 0 Å². The first kappa shape index (κ1) is 28.3. The van der Waals surface area contributed by atoms with Crippen molar-refractivity contribution in [2.24, 2.45) is 5.92 Å². The molecule has 0 saturated carbocycles. The van der Waals surface area contributed by atoms with Gasteiger partial charge in [0.2, 0.25) is 5.91 Å². The van der Waals surface area contributed by atoms with Crippen LogP contribution in [0.3, 0.4) is 0 Å². The third-order valence-corrected chi connectivity index (χ3v) is 7.21. The van der Waals surface area contributed by atoms with Crippen LogP contribution in [-0.4, -0.2) is 74.0 Å². The van der Waals surface area contributed by atoms with Crippen LogP contribution in [0.5, 0.6) is 5.75 Å². The number of hydrogen-bond donors (Lipinski definition) is 2. The zero-order valence-electron chi connectivity index (χ0n) is 23.4. The molecule has 2 aromatic carbocycles. The number of hydrogen-bond acceptors (Lipinski definition) is 5. The van der Waals surface area contributed by atoms with Gasteiger partial charge in [-0.2, -0.15) is 0 Å². The Morgan fingerprint density at radius 2 is 1.49 bits per heavy atom. The Bertz CT molecular complexity index is 1140. The molecule has 0 bridgehead atoms. The van der Waals surface area contributed by atoms with E-state index in [1.165, 1.54) is 0 Å². The van der Waals surface area contributed by atoms with Crippen LogP contribution in [0.4, 0.5) is 21.9 Å². The quantitative estimate of drug-likeness (QED) is 0.518. The van der Waals surface area contributed by atoms with Gasteiger partial charge in [0.05, 0.1) is 12.7 Å². The van der Waals surface area contributed by atoms with Crippen LogP contribution in [0.1, 0.15) is 56.3 Å². The zero-order chi connectivity index (χ0) is 27.8. The molecule has 2 saturated heterocycles. The summed E-state index contributed by atoms with van der Waals surface area (Å²) < 4.78 is 5.19. The minimum atomic E-state index is -0.144. The van der Waals surface area contributed by atoms with Crippen molar-refractivity contribution < 1.29 is 19.1 Å². The minimum Gasteiger partial charge on any atom is -0.497 e. The summed E-state index contributed by atoms with van der Waals surface area (Å²) in [5.74, 6) is 0.935. The van der Waals surface area contributed by atoms with Gasteiger partial charge in [-0.05, 0) is 74.1 Å². The highest BCUT2D eigenvalue weighted by Crippen LogP contribution is 2.28. The maximum Gasteiger partial charge on any atom is 0.321 e. The molecule has 0 unspecified atom stereocenters. The summed E-state index contributed by atoms with van der Waals surface area (Å²) in [6.45, 7) is 8.01. The van der Waals surface area contributed by atoms with E-state index < -0.39 is 0 Å². The second kappa shape index (κ2) is 13.4. The van der Waals surface area contributed by atoms with Gasteiger partial charge in [0.25, 0.3) is 5.91 Å². The maximum absolute atomic E-state index is 13.7. The Balaban J connectivity index is 1.49. The predicted octanol–water partition coefficient (Wildman–Crippen LogP) is 5.05. The summed E-state index contributed by atoms with van der Waals surface area (Å²) in [6.07, 6.45) is 4.36. The number of likely N-dealkylation sites (tertiary alicyclic amines) is 1. The lowest BCUT2D eigenvalue weighted by Crippen LogP contribution is -2.39. The highest BCUT2D eigenvalue weighted by molar-refractivity contribution is 6.02. The minimum absolute atomic E-state index is 0.00279. The largest absolute Gasteiger partial charge is 0.497 e. The van der Waals surface area contributed by atoms with Crippen molar-refractivity contribution in [3.63, 3.8) is 0 Å². The number of carbonyl (C=O) groups is 3. The highest BCUT2D eigenvalue weighted by atomic mass is 16.5. The standard InChI is InChI=1S/C30H41N5O4/c1-22(2)20-28(36)31-24-10-13-27(26(21-24)29(37)34-14-5-4-6-15-34)33-16-7-17-35(19-18-33)30(38)32-23-8-11-25(39-3)12-9-23/h8-13,21-22H,4-7,14-20H2,1-3H3,(H,31,36)(H,32,38). The van der Waals surface area contributed by atoms with Gasteiger partial charge >= 0.3 is 6.03 Å². The molecular weight excluding hydrogens is 494 g/mol. The van der Waals surface area contributed by atoms with E-state index in [4.69, 9.17) is 4.74 Å². The number of nitrogens with zero attached hydrogens (tertiary/aromatic N) is 3.